The number of aliphatic hydroxyl groups is 2. The van der Waals surface area contributed by atoms with Crippen LogP contribution >= 0.6 is 0 Å². The predicted octanol–water partition coefficient (Wildman–Crippen LogP) is 1.19. The summed E-state index contributed by atoms with van der Waals surface area (Å²) in [7, 11) is 0. The molecule has 0 bridgehead atoms. The lowest BCUT2D eigenvalue weighted by atomic mass is 9.85. The van der Waals surface area contributed by atoms with Crippen LogP contribution in [0.1, 0.15) is 33.6 Å². The molecule has 148 valence electrons. The molecule has 0 amide bonds. The minimum atomic E-state index is -1.35. The smallest absolute Gasteiger partial charge is 0.343 e. The summed E-state index contributed by atoms with van der Waals surface area (Å²) in [5.41, 5.74) is 0.586. The van der Waals surface area contributed by atoms with E-state index in [1.54, 1.807) is 19.1 Å². The first-order valence-corrected chi connectivity index (χ1v) is 9.10. The van der Waals surface area contributed by atoms with E-state index in [0.29, 0.717) is 12.8 Å². The maximum Gasteiger partial charge on any atom is 0.343 e. The molecule has 3 rings (SSSR count). The number of rotatable bonds is 3. The summed E-state index contributed by atoms with van der Waals surface area (Å²) in [5, 5.41) is 19.7. The number of esters is 2. The lowest BCUT2D eigenvalue weighted by Gasteiger charge is -2.28. The van der Waals surface area contributed by atoms with Crippen LogP contribution in [0.3, 0.4) is 0 Å². The second kappa shape index (κ2) is 7.22. The highest BCUT2D eigenvalue weighted by atomic mass is 16.7. The summed E-state index contributed by atoms with van der Waals surface area (Å²) in [6, 6.07) is 0. The van der Waals surface area contributed by atoms with Gasteiger partial charge in [0.25, 0.3) is 0 Å². The molecule has 0 saturated carbocycles. The van der Waals surface area contributed by atoms with Crippen LogP contribution < -0.4 is 0 Å². The number of ether oxygens (including phenoxy) is 3. The third-order valence-electron chi connectivity index (χ3n) is 5.47. The van der Waals surface area contributed by atoms with Crippen LogP contribution in [0.15, 0.2) is 35.5 Å². The molecule has 2 saturated heterocycles. The second-order valence-corrected chi connectivity index (χ2v) is 7.67. The maximum absolute atomic E-state index is 12.7. The first-order chi connectivity index (χ1) is 12.7. The standard InChI is InChI=1S/C20H26O7/c1-10-5-14(22)6-11(2)8-16(17-12(3)18(23)25-15(17)7-10)26-19(24)20(9-21)13(4)27-20/h6-7,13-17,21-22H,3,5,8-9H2,1-2,4H3. The van der Waals surface area contributed by atoms with Crippen molar-refractivity contribution in [3.05, 3.63) is 35.5 Å². The van der Waals surface area contributed by atoms with Crippen LogP contribution in [0.25, 0.3) is 0 Å². The van der Waals surface area contributed by atoms with Crippen molar-refractivity contribution in [2.75, 3.05) is 6.61 Å². The minimum absolute atomic E-state index is 0.249. The van der Waals surface area contributed by atoms with Gasteiger partial charge in [-0.15, -0.1) is 0 Å². The Balaban J connectivity index is 1.93. The minimum Gasteiger partial charge on any atom is -0.459 e. The number of aliphatic hydroxyl groups excluding tert-OH is 2. The third-order valence-corrected chi connectivity index (χ3v) is 5.47. The van der Waals surface area contributed by atoms with Crippen LogP contribution in [-0.4, -0.2) is 58.8 Å². The van der Waals surface area contributed by atoms with Gasteiger partial charge in [-0.3, -0.25) is 0 Å². The molecule has 0 spiro atoms. The summed E-state index contributed by atoms with van der Waals surface area (Å²) in [5.74, 6) is -1.73. The van der Waals surface area contributed by atoms with E-state index in [-0.39, 0.29) is 5.57 Å². The molecule has 0 radical (unpaired) electrons. The fraction of sp³-hybridized carbons (Fsp3) is 0.600. The zero-order chi connectivity index (χ0) is 19.9. The molecule has 7 nitrogen and oxygen atoms in total. The van der Waals surface area contributed by atoms with Gasteiger partial charge in [-0.1, -0.05) is 23.8 Å². The van der Waals surface area contributed by atoms with Crippen molar-refractivity contribution in [3.63, 3.8) is 0 Å². The van der Waals surface area contributed by atoms with E-state index in [0.717, 1.165) is 11.1 Å². The average molecular weight is 378 g/mol. The molecular formula is C20H26O7. The number of fused-ring (bicyclic) bond motifs is 1. The van der Waals surface area contributed by atoms with Crippen molar-refractivity contribution in [1.29, 1.82) is 0 Å². The van der Waals surface area contributed by atoms with Crippen molar-refractivity contribution in [2.45, 2.75) is 63.6 Å². The molecule has 0 aromatic carbocycles. The highest BCUT2D eigenvalue weighted by Gasteiger charge is 2.62. The number of hydrogen-bond acceptors (Lipinski definition) is 7. The second-order valence-electron chi connectivity index (χ2n) is 7.67. The van der Waals surface area contributed by atoms with E-state index in [1.165, 1.54) is 0 Å². The average Bonchev–Trinajstić information content (AvgIpc) is 3.16. The van der Waals surface area contributed by atoms with Crippen molar-refractivity contribution in [2.24, 2.45) is 5.92 Å². The van der Waals surface area contributed by atoms with Gasteiger partial charge in [-0.2, -0.15) is 0 Å². The molecule has 7 heteroatoms. The van der Waals surface area contributed by atoms with Crippen LogP contribution in [0, 0.1) is 5.92 Å². The Morgan fingerprint density at radius 1 is 1.33 bits per heavy atom. The predicted molar refractivity (Wildman–Crippen MR) is 95.5 cm³/mol. The van der Waals surface area contributed by atoms with Gasteiger partial charge in [-0.05, 0) is 33.3 Å². The van der Waals surface area contributed by atoms with Gasteiger partial charge in [0.1, 0.15) is 12.2 Å². The highest BCUT2D eigenvalue weighted by molar-refractivity contribution is 5.91. The Morgan fingerprint density at radius 3 is 2.56 bits per heavy atom. The molecular weight excluding hydrogens is 352 g/mol. The van der Waals surface area contributed by atoms with E-state index in [1.807, 2.05) is 13.8 Å². The van der Waals surface area contributed by atoms with Gasteiger partial charge >= 0.3 is 11.9 Å². The van der Waals surface area contributed by atoms with Gasteiger partial charge < -0.3 is 24.4 Å². The van der Waals surface area contributed by atoms with E-state index in [9.17, 15) is 19.8 Å². The van der Waals surface area contributed by atoms with Crippen LogP contribution in [0.2, 0.25) is 0 Å². The fourth-order valence-corrected chi connectivity index (χ4v) is 3.84. The van der Waals surface area contributed by atoms with Crippen molar-refractivity contribution < 1.29 is 34.0 Å². The molecule has 0 aromatic rings. The zero-order valence-electron chi connectivity index (χ0n) is 15.8. The fourth-order valence-electron chi connectivity index (χ4n) is 3.84. The number of carbonyl (C=O) groups is 2. The summed E-state index contributed by atoms with van der Waals surface area (Å²) >= 11 is 0. The summed E-state index contributed by atoms with van der Waals surface area (Å²) < 4.78 is 16.4. The number of hydrogen-bond donors (Lipinski definition) is 2. The van der Waals surface area contributed by atoms with Crippen molar-refractivity contribution in [1.82, 2.24) is 0 Å². The monoisotopic (exact) mass is 378 g/mol. The lowest BCUT2D eigenvalue weighted by molar-refractivity contribution is -0.160. The van der Waals surface area contributed by atoms with Gasteiger partial charge in [0.2, 0.25) is 5.60 Å². The van der Waals surface area contributed by atoms with Crippen LogP contribution in [-0.2, 0) is 23.8 Å². The highest BCUT2D eigenvalue weighted by Crippen LogP contribution is 2.40. The summed E-state index contributed by atoms with van der Waals surface area (Å²) in [6.45, 7) is 8.72. The van der Waals surface area contributed by atoms with E-state index >= 15 is 0 Å². The van der Waals surface area contributed by atoms with Gasteiger partial charge in [-0.25, -0.2) is 9.59 Å². The summed E-state index contributed by atoms with van der Waals surface area (Å²) in [6.07, 6.45) is 1.76. The number of carbonyl (C=O) groups excluding carboxylic acids is 2. The first kappa shape index (κ1) is 19.8. The molecule has 3 aliphatic rings. The zero-order valence-corrected chi connectivity index (χ0v) is 15.8. The quantitative estimate of drug-likeness (QED) is 0.329. The normalized spacial score (nSPS) is 39.1. The Labute approximate surface area is 158 Å². The maximum atomic E-state index is 12.7. The van der Waals surface area contributed by atoms with Gasteiger partial charge in [0.15, 0.2) is 0 Å². The van der Waals surface area contributed by atoms with E-state index in [4.69, 9.17) is 14.2 Å². The van der Waals surface area contributed by atoms with Crippen molar-refractivity contribution >= 4 is 11.9 Å². The van der Waals surface area contributed by atoms with E-state index in [2.05, 4.69) is 6.58 Å². The third kappa shape index (κ3) is 3.72. The van der Waals surface area contributed by atoms with Crippen LogP contribution in [0.5, 0.6) is 0 Å². The Bertz CT molecular complexity index is 718. The summed E-state index contributed by atoms with van der Waals surface area (Å²) in [4.78, 5) is 24.8. The molecule has 2 fully saturated rings. The largest absolute Gasteiger partial charge is 0.459 e. The molecule has 2 aliphatic heterocycles. The topological polar surface area (TPSA) is 106 Å². The molecule has 2 heterocycles. The Morgan fingerprint density at radius 2 is 1.96 bits per heavy atom. The molecule has 6 unspecified atom stereocenters. The lowest BCUT2D eigenvalue weighted by Crippen LogP contribution is -2.40. The van der Waals surface area contributed by atoms with Gasteiger partial charge in [0.05, 0.1) is 24.7 Å². The molecule has 27 heavy (non-hydrogen) atoms. The number of epoxide rings is 1. The molecule has 0 aromatic heterocycles. The molecule has 6 atom stereocenters. The molecule has 2 N–H and O–H groups in total. The first-order valence-electron chi connectivity index (χ1n) is 9.10. The van der Waals surface area contributed by atoms with Gasteiger partial charge in [0, 0.05) is 12.0 Å². The molecule has 1 aliphatic carbocycles. The van der Waals surface area contributed by atoms with Crippen LogP contribution in [0.4, 0.5) is 0 Å². The SMILES string of the molecule is C=C1C(=O)OC2C=C(C)CC(O)C=C(C)CC(OC(=O)C3(CO)OC3C)C12. The van der Waals surface area contributed by atoms with Crippen molar-refractivity contribution in [3.8, 4) is 0 Å². The van der Waals surface area contributed by atoms with E-state index < -0.39 is 54.5 Å². The Kier molecular flexibility index (Phi) is 5.29. The Hall–Kier alpha value is -1.96.